The summed E-state index contributed by atoms with van der Waals surface area (Å²) < 4.78 is 21.7. The molecule has 1 aromatic rings. The van der Waals surface area contributed by atoms with Crippen molar-refractivity contribution < 1.29 is 13.4 Å². The maximum atomic E-state index is 11.6. The molecule has 0 bridgehead atoms. The van der Waals surface area contributed by atoms with Gasteiger partial charge in [-0.3, -0.25) is 4.21 Å². The summed E-state index contributed by atoms with van der Waals surface area (Å²) in [4.78, 5) is 0.778. The second kappa shape index (κ2) is 5.19. The molecular weight excluding hydrogens is 188 g/mol. The minimum absolute atomic E-state index is 0.535. The molecule has 0 aliphatic rings. The molecule has 1 aromatic heterocycles. The van der Waals surface area contributed by atoms with Crippen molar-refractivity contribution in [1.29, 1.82) is 0 Å². The summed E-state index contributed by atoms with van der Waals surface area (Å²) in [6, 6.07) is 1.75. The highest BCUT2D eigenvalue weighted by molar-refractivity contribution is 7.85. The van der Waals surface area contributed by atoms with Crippen LogP contribution in [-0.2, 0) is 15.5 Å². The Bertz CT molecular complexity index is 280. The molecule has 0 spiro atoms. The van der Waals surface area contributed by atoms with Crippen molar-refractivity contribution in [3.63, 3.8) is 0 Å². The molecular formula is C9H14O3S. The second-order valence-electron chi connectivity index (χ2n) is 2.59. The maximum Gasteiger partial charge on any atom is 0.116 e. The van der Waals surface area contributed by atoms with Gasteiger partial charge in [0.15, 0.2) is 0 Å². The third-order valence-electron chi connectivity index (χ3n) is 1.67. The molecule has 0 N–H and O–H groups in total. The summed E-state index contributed by atoms with van der Waals surface area (Å²) in [6.45, 7) is 4.94. The zero-order valence-corrected chi connectivity index (χ0v) is 8.73. The third-order valence-corrected chi connectivity index (χ3v) is 3.13. The Balaban J connectivity index is 2.45. The summed E-state index contributed by atoms with van der Waals surface area (Å²) in [6.07, 6.45) is 1.56. The Hall–Kier alpha value is -0.610. The van der Waals surface area contributed by atoms with Gasteiger partial charge >= 0.3 is 0 Å². The van der Waals surface area contributed by atoms with E-state index in [4.69, 9.17) is 9.15 Å². The molecule has 1 rings (SSSR count). The Morgan fingerprint density at radius 2 is 2.38 bits per heavy atom. The first-order valence-electron chi connectivity index (χ1n) is 4.26. The Labute approximate surface area is 80.5 Å². The van der Waals surface area contributed by atoms with E-state index in [1.165, 1.54) is 0 Å². The Morgan fingerprint density at radius 1 is 1.62 bits per heavy atom. The van der Waals surface area contributed by atoms with Crippen LogP contribution >= 0.6 is 0 Å². The first-order valence-corrected chi connectivity index (χ1v) is 5.57. The molecule has 0 unspecified atom stereocenters. The Kier molecular flexibility index (Phi) is 4.18. The predicted molar refractivity (Wildman–Crippen MR) is 51.2 cm³/mol. The van der Waals surface area contributed by atoms with E-state index in [9.17, 15) is 4.21 Å². The first kappa shape index (κ1) is 10.5. The van der Waals surface area contributed by atoms with Crippen LogP contribution in [-0.4, -0.2) is 23.2 Å². The number of hydrogen-bond donors (Lipinski definition) is 0. The lowest BCUT2D eigenvalue weighted by Gasteiger charge is -2.00. The molecule has 3 nitrogen and oxygen atoms in total. The van der Waals surface area contributed by atoms with E-state index >= 15 is 0 Å². The quantitative estimate of drug-likeness (QED) is 0.683. The normalized spacial score (nSPS) is 13.1. The summed E-state index contributed by atoms with van der Waals surface area (Å²) in [7, 11) is -0.984. The maximum absolute atomic E-state index is 11.6. The number of ether oxygens (including phenoxy) is 1. The van der Waals surface area contributed by atoms with E-state index < -0.39 is 10.8 Å². The predicted octanol–water partition coefficient (Wildman–Crippen LogP) is 1.73. The van der Waals surface area contributed by atoms with E-state index in [2.05, 4.69) is 0 Å². The lowest BCUT2D eigenvalue weighted by atomic mass is 10.5. The highest BCUT2D eigenvalue weighted by Crippen LogP contribution is 2.13. The molecule has 74 valence electrons. The topological polar surface area (TPSA) is 39.4 Å². The van der Waals surface area contributed by atoms with Crippen LogP contribution < -0.4 is 0 Å². The Morgan fingerprint density at radius 3 is 2.92 bits per heavy atom. The summed E-state index contributed by atoms with van der Waals surface area (Å²) in [5.74, 6) is 1.27. The van der Waals surface area contributed by atoms with Crippen molar-refractivity contribution in [1.82, 2.24) is 0 Å². The van der Waals surface area contributed by atoms with Crippen LogP contribution in [0.3, 0.4) is 0 Å². The number of hydrogen-bond acceptors (Lipinski definition) is 3. The number of rotatable bonds is 5. The molecule has 0 aliphatic carbocycles. The van der Waals surface area contributed by atoms with E-state index in [0.717, 1.165) is 10.7 Å². The van der Waals surface area contributed by atoms with Gasteiger partial charge in [-0.1, -0.05) is 0 Å². The minimum Gasteiger partial charge on any atom is -0.468 e. The fraction of sp³-hybridized carbons (Fsp3) is 0.556. The molecule has 13 heavy (non-hydrogen) atoms. The molecule has 0 amide bonds. The second-order valence-corrected chi connectivity index (χ2v) is 4.13. The largest absolute Gasteiger partial charge is 0.468 e. The van der Waals surface area contributed by atoms with Gasteiger partial charge in [-0.15, -0.1) is 0 Å². The van der Waals surface area contributed by atoms with Crippen LogP contribution in [0.5, 0.6) is 0 Å². The van der Waals surface area contributed by atoms with Gasteiger partial charge in [0.25, 0.3) is 0 Å². The first-order chi connectivity index (χ1) is 6.25. The van der Waals surface area contributed by atoms with Gasteiger partial charge in [0.1, 0.15) is 5.76 Å². The van der Waals surface area contributed by atoms with Crippen molar-refractivity contribution in [2.45, 2.75) is 18.7 Å². The summed E-state index contributed by atoms with van der Waals surface area (Å²) in [5, 5.41) is 0. The molecule has 0 aliphatic heterocycles. The smallest absolute Gasteiger partial charge is 0.116 e. The van der Waals surface area contributed by atoms with Crippen LogP contribution in [0.4, 0.5) is 0 Å². The average molecular weight is 202 g/mol. The fourth-order valence-electron chi connectivity index (χ4n) is 0.998. The van der Waals surface area contributed by atoms with Crippen LogP contribution in [0.15, 0.2) is 21.6 Å². The zero-order valence-electron chi connectivity index (χ0n) is 7.91. The van der Waals surface area contributed by atoms with Gasteiger partial charge in [-0.05, 0) is 19.9 Å². The van der Waals surface area contributed by atoms with Crippen LogP contribution in [0, 0.1) is 6.92 Å². The van der Waals surface area contributed by atoms with E-state index in [-0.39, 0.29) is 0 Å². The monoisotopic (exact) mass is 202 g/mol. The van der Waals surface area contributed by atoms with Crippen LogP contribution in [0.2, 0.25) is 0 Å². The molecule has 1 heterocycles. The molecule has 1 atom stereocenters. The van der Waals surface area contributed by atoms with Crippen molar-refractivity contribution in [3.8, 4) is 0 Å². The van der Waals surface area contributed by atoms with Gasteiger partial charge in [0, 0.05) is 6.61 Å². The summed E-state index contributed by atoms with van der Waals surface area (Å²) >= 11 is 0. The van der Waals surface area contributed by atoms with Crippen molar-refractivity contribution in [3.05, 3.63) is 18.1 Å². The lowest BCUT2D eigenvalue weighted by Crippen LogP contribution is -2.06. The van der Waals surface area contributed by atoms with E-state index in [1.54, 1.807) is 12.3 Å². The van der Waals surface area contributed by atoms with Crippen LogP contribution in [0.25, 0.3) is 0 Å². The van der Waals surface area contributed by atoms with E-state index in [0.29, 0.717) is 19.0 Å². The van der Waals surface area contributed by atoms with Crippen molar-refractivity contribution >= 4 is 10.8 Å². The molecule has 0 saturated carbocycles. The number of furan rings is 1. The SMILES string of the molecule is CCOCC[S@@](=O)c1ccoc1C. The average Bonchev–Trinajstić information content (AvgIpc) is 2.52. The van der Waals surface area contributed by atoms with Gasteiger partial charge in [-0.25, -0.2) is 0 Å². The molecule has 0 fully saturated rings. The van der Waals surface area contributed by atoms with Gasteiger partial charge in [-0.2, -0.15) is 0 Å². The highest BCUT2D eigenvalue weighted by atomic mass is 32.2. The van der Waals surface area contributed by atoms with E-state index in [1.807, 2.05) is 13.8 Å². The van der Waals surface area contributed by atoms with Gasteiger partial charge in [0.05, 0.1) is 34.3 Å². The van der Waals surface area contributed by atoms with Gasteiger partial charge in [0.2, 0.25) is 0 Å². The molecule has 4 heteroatoms. The standard InChI is InChI=1S/C9H14O3S/c1-3-11-6-7-13(10)9-4-5-12-8(9)2/h4-5H,3,6-7H2,1-2H3/t13-/m1/s1. The highest BCUT2D eigenvalue weighted by Gasteiger charge is 2.08. The lowest BCUT2D eigenvalue weighted by molar-refractivity contribution is 0.164. The van der Waals surface area contributed by atoms with Crippen molar-refractivity contribution in [2.24, 2.45) is 0 Å². The van der Waals surface area contributed by atoms with Crippen molar-refractivity contribution in [2.75, 3.05) is 19.0 Å². The zero-order chi connectivity index (χ0) is 9.68. The summed E-state index contributed by atoms with van der Waals surface area (Å²) in [5.41, 5.74) is 0. The van der Waals surface area contributed by atoms with Crippen LogP contribution in [0.1, 0.15) is 12.7 Å². The third kappa shape index (κ3) is 2.97. The molecule has 0 radical (unpaired) electrons. The molecule has 0 aromatic carbocycles. The minimum atomic E-state index is -0.984. The molecule has 0 saturated heterocycles. The number of aryl methyl sites for hydroxylation is 1. The van der Waals surface area contributed by atoms with Gasteiger partial charge < -0.3 is 9.15 Å². The fourth-order valence-corrected chi connectivity index (χ4v) is 2.06.